The minimum Gasteiger partial charge on any atom is -0.335 e. The Balaban J connectivity index is 1.84. The van der Waals surface area contributed by atoms with Gasteiger partial charge in [-0.15, -0.1) is 0 Å². The van der Waals surface area contributed by atoms with E-state index in [2.05, 4.69) is 12.0 Å². The highest BCUT2D eigenvalue weighted by molar-refractivity contribution is 6.40. The minimum atomic E-state index is -0.0545. The third-order valence-electron chi connectivity index (χ3n) is 4.92. The Morgan fingerprint density at radius 2 is 1.96 bits per heavy atom. The number of nitrogens with zero attached hydrogens (tertiary/aromatic N) is 3. The van der Waals surface area contributed by atoms with E-state index in [1.165, 1.54) is 11.4 Å². The number of carbonyl (C=O) groups is 2. The van der Waals surface area contributed by atoms with Crippen LogP contribution in [0.1, 0.15) is 51.0 Å². The zero-order chi connectivity index (χ0) is 17.1. The molecule has 128 valence electrons. The SMILES string of the molecule is CC[C@@H]1CCCCN1C(=O)C1=NN(c2ccc(C)cc2)C(=O)CC1. The van der Waals surface area contributed by atoms with Crippen LogP contribution in [0.15, 0.2) is 29.4 Å². The fourth-order valence-corrected chi connectivity index (χ4v) is 3.45. The van der Waals surface area contributed by atoms with Gasteiger partial charge in [-0.05, 0) is 44.7 Å². The van der Waals surface area contributed by atoms with E-state index in [1.54, 1.807) is 0 Å². The Bertz CT molecular complexity index is 651. The summed E-state index contributed by atoms with van der Waals surface area (Å²) in [6, 6.07) is 7.96. The molecule has 1 fully saturated rings. The molecule has 0 saturated carbocycles. The smallest absolute Gasteiger partial charge is 0.270 e. The van der Waals surface area contributed by atoms with E-state index < -0.39 is 0 Å². The zero-order valence-corrected chi connectivity index (χ0v) is 14.5. The van der Waals surface area contributed by atoms with Crippen LogP contribution in [0.2, 0.25) is 0 Å². The van der Waals surface area contributed by atoms with Crippen molar-refractivity contribution >= 4 is 23.2 Å². The van der Waals surface area contributed by atoms with Gasteiger partial charge in [0.15, 0.2) is 0 Å². The van der Waals surface area contributed by atoms with E-state index in [4.69, 9.17) is 0 Å². The number of carbonyl (C=O) groups excluding carboxylic acids is 2. The fourth-order valence-electron chi connectivity index (χ4n) is 3.45. The molecule has 0 bridgehead atoms. The number of amides is 2. The van der Waals surface area contributed by atoms with Crippen molar-refractivity contribution in [2.45, 2.75) is 58.4 Å². The molecule has 1 saturated heterocycles. The molecule has 0 radical (unpaired) electrons. The molecule has 5 nitrogen and oxygen atoms in total. The molecular formula is C19H25N3O2. The van der Waals surface area contributed by atoms with Crippen molar-refractivity contribution in [3.63, 3.8) is 0 Å². The van der Waals surface area contributed by atoms with Crippen molar-refractivity contribution in [3.8, 4) is 0 Å². The Morgan fingerprint density at radius 1 is 1.21 bits per heavy atom. The molecule has 0 aromatic heterocycles. The highest BCUT2D eigenvalue weighted by atomic mass is 16.2. The van der Waals surface area contributed by atoms with Crippen LogP contribution in [0, 0.1) is 6.92 Å². The van der Waals surface area contributed by atoms with Crippen LogP contribution in [0.3, 0.4) is 0 Å². The number of likely N-dealkylation sites (tertiary alicyclic amines) is 1. The van der Waals surface area contributed by atoms with Crippen molar-refractivity contribution in [2.75, 3.05) is 11.6 Å². The Kier molecular flexibility index (Phi) is 4.97. The molecule has 3 rings (SSSR count). The number of aryl methyl sites for hydroxylation is 1. The van der Waals surface area contributed by atoms with E-state index in [-0.39, 0.29) is 11.8 Å². The molecule has 0 spiro atoms. The second-order valence-corrected chi connectivity index (χ2v) is 6.64. The number of anilines is 1. The summed E-state index contributed by atoms with van der Waals surface area (Å²) >= 11 is 0. The summed E-state index contributed by atoms with van der Waals surface area (Å²) in [6.45, 7) is 4.93. The number of rotatable bonds is 3. The van der Waals surface area contributed by atoms with Crippen LogP contribution in [0.25, 0.3) is 0 Å². The van der Waals surface area contributed by atoms with Gasteiger partial charge in [-0.2, -0.15) is 5.10 Å². The standard InChI is InChI=1S/C19H25N3O2/c1-3-15-6-4-5-13-21(15)19(24)17-11-12-18(23)22(20-17)16-9-7-14(2)8-10-16/h7-10,15H,3-6,11-13H2,1-2H3/t15-/m1/s1. The Morgan fingerprint density at radius 3 is 2.67 bits per heavy atom. The van der Waals surface area contributed by atoms with Crippen LogP contribution in [0.4, 0.5) is 5.69 Å². The maximum atomic E-state index is 12.9. The molecule has 5 heteroatoms. The molecule has 0 unspecified atom stereocenters. The first kappa shape index (κ1) is 16.7. The van der Waals surface area contributed by atoms with Crippen molar-refractivity contribution in [2.24, 2.45) is 5.10 Å². The highest BCUT2D eigenvalue weighted by Gasteiger charge is 2.32. The van der Waals surface area contributed by atoms with Crippen LogP contribution in [-0.2, 0) is 9.59 Å². The van der Waals surface area contributed by atoms with Gasteiger partial charge in [-0.25, -0.2) is 5.01 Å². The summed E-state index contributed by atoms with van der Waals surface area (Å²) in [5.41, 5.74) is 2.36. The van der Waals surface area contributed by atoms with Crippen molar-refractivity contribution in [1.82, 2.24) is 4.90 Å². The van der Waals surface area contributed by atoms with Crippen LogP contribution in [-0.4, -0.2) is 35.0 Å². The number of benzene rings is 1. The number of hydrazone groups is 1. The topological polar surface area (TPSA) is 53.0 Å². The molecule has 0 N–H and O–H groups in total. The maximum Gasteiger partial charge on any atom is 0.270 e. The summed E-state index contributed by atoms with van der Waals surface area (Å²) in [6.07, 6.45) is 5.05. The third-order valence-corrected chi connectivity index (χ3v) is 4.92. The van der Waals surface area contributed by atoms with E-state index in [1.807, 2.05) is 36.1 Å². The van der Waals surface area contributed by atoms with Crippen molar-refractivity contribution < 1.29 is 9.59 Å². The Labute approximate surface area is 143 Å². The van der Waals surface area contributed by atoms with Crippen LogP contribution in [0.5, 0.6) is 0 Å². The van der Waals surface area contributed by atoms with Gasteiger partial charge in [0.2, 0.25) is 5.91 Å². The van der Waals surface area contributed by atoms with Gasteiger partial charge in [0, 0.05) is 25.4 Å². The molecular weight excluding hydrogens is 302 g/mol. The fraction of sp³-hybridized carbons (Fsp3) is 0.526. The summed E-state index contributed by atoms with van der Waals surface area (Å²) in [7, 11) is 0. The summed E-state index contributed by atoms with van der Waals surface area (Å²) in [4.78, 5) is 27.1. The average molecular weight is 327 g/mol. The first-order valence-electron chi connectivity index (χ1n) is 8.88. The van der Waals surface area contributed by atoms with Crippen LogP contribution < -0.4 is 5.01 Å². The highest BCUT2D eigenvalue weighted by Crippen LogP contribution is 2.24. The Hall–Kier alpha value is -2.17. The molecule has 0 aliphatic carbocycles. The molecule has 2 heterocycles. The van der Waals surface area contributed by atoms with Gasteiger partial charge in [0.05, 0.1) is 5.69 Å². The number of hydrogen-bond acceptors (Lipinski definition) is 3. The lowest BCUT2D eigenvalue weighted by atomic mass is 9.98. The molecule has 1 atom stereocenters. The molecule has 2 aliphatic rings. The number of piperidine rings is 1. The normalized spacial score (nSPS) is 21.7. The molecule has 2 aliphatic heterocycles. The van der Waals surface area contributed by atoms with Gasteiger partial charge in [-0.1, -0.05) is 24.6 Å². The monoisotopic (exact) mass is 327 g/mol. The summed E-state index contributed by atoms with van der Waals surface area (Å²) < 4.78 is 0. The van der Waals surface area contributed by atoms with Crippen LogP contribution >= 0.6 is 0 Å². The maximum absolute atomic E-state index is 12.9. The van der Waals surface area contributed by atoms with E-state index in [0.29, 0.717) is 24.6 Å². The van der Waals surface area contributed by atoms with Crippen molar-refractivity contribution in [1.29, 1.82) is 0 Å². The predicted octanol–water partition coefficient (Wildman–Crippen LogP) is 3.27. The summed E-state index contributed by atoms with van der Waals surface area (Å²) in [5, 5.41) is 5.81. The van der Waals surface area contributed by atoms with Gasteiger partial charge >= 0.3 is 0 Å². The lowest BCUT2D eigenvalue weighted by molar-refractivity contribution is -0.127. The number of hydrogen-bond donors (Lipinski definition) is 0. The lowest BCUT2D eigenvalue weighted by Crippen LogP contribution is -2.48. The molecule has 1 aromatic rings. The largest absolute Gasteiger partial charge is 0.335 e. The lowest BCUT2D eigenvalue weighted by Gasteiger charge is -2.36. The third kappa shape index (κ3) is 3.35. The summed E-state index contributed by atoms with van der Waals surface area (Å²) in [5.74, 6) is -0.0488. The first-order chi connectivity index (χ1) is 11.6. The van der Waals surface area contributed by atoms with E-state index in [0.717, 1.165) is 37.1 Å². The first-order valence-corrected chi connectivity index (χ1v) is 8.88. The molecule has 2 amide bonds. The van der Waals surface area contributed by atoms with Gasteiger partial charge in [-0.3, -0.25) is 9.59 Å². The van der Waals surface area contributed by atoms with Crippen molar-refractivity contribution in [3.05, 3.63) is 29.8 Å². The van der Waals surface area contributed by atoms with Gasteiger partial charge in [0.25, 0.3) is 5.91 Å². The van der Waals surface area contributed by atoms with Gasteiger partial charge < -0.3 is 4.90 Å². The predicted molar refractivity (Wildman–Crippen MR) is 95.0 cm³/mol. The van der Waals surface area contributed by atoms with E-state index >= 15 is 0 Å². The van der Waals surface area contributed by atoms with E-state index in [9.17, 15) is 9.59 Å². The minimum absolute atomic E-state index is 0.00571. The average Bonchev–Trinajstić information content (AvgIpc) is 2.62. The molecule has 24 heavy (non-hydrogen) atoms. The zero-order valence-electron chi connectivity index (χ0n) is 14.5. The van der Waals surface area contributed by atoms with Gasteiger partial charge in [0.1, 0.15) is 5.71 Å². The quantitative estimate of drug-likeness (QED) is 0.855. The second-order valence-electron chi connectivity index (χ2n) is 6.64. The second kappa shape index (κ2) is 7.16. The molecule has 1 aromatic carbocycles.